The molecule has 7 nitrogen and oxygen atoms in total. The average molecular weight is 348 g/mol. The van der Waals surface area contributed by atoms with E-state index in [1.165, 1.54) is 0 Å². The van der Waals surface area contributed by atoms with Gasteiger partial charge in [-0.3, -0.25) is 4.79 Å². The Morgan fingerprint density at radius 3 is 2.72 bits per heavy atom. The predicted molar refractivity (Wildman–Crippen MR) is 95.2 cm³/mol. The summed E-state index contributed by atoms with van der Waals surface area (Å²) in [6.45, 7) is 8.00. The number of aromatic nitrogens is 1. The van der Waals surface area contributed by atoms with Crippen LogP contribution in [-0.4, -0.2) is 47.6 Å². The van der Waals surface area contributed by atoms with Gasteiger partial charge >= 0.3 is 6.03 Å². The van der Waals surface area contributed by atoms with E-state index in [2.05, 4.69) is 15.6 Å². The molecule has 25 heavy (non-hydrogen) atoms. The zero-order valence-corrected chi connectivity index (χ0v) is 15.2. The number of hydrogen-bond acceptors (Lipinski definition) is 4. The fourth-order valence-electron chi connectivity index (χ4n) is 2.85. The Balaban J connectivity index is 1.76. The van der Waals surface area contributed by atoms with Gasteiger partial charge in [0, 0.05) is 43.4 Å². The first-order valence-electron chi connectivity index (χ1n) is 8.91. The van der Waals surface area contributed by atoms with Gasteiger partial charge in [-0.1, -0.05) is 19.9 Å². The van der Waals surface area contributed by atoms with Crippen molar-refractivity contribution in [3.8, 4) is 5.88 Å². The number of carbonyl (C=O) groups is 2. The van der Waals surface area contributed by atoms with Gasteiger partial charge in [0.2, 0.25) is 11.8 Å². The van der Waals surface area contributed by atoms with Gasteiger partial charge in [-0.05, 0) is 25.8 Å². The number of nitrogens with one attached hydrogen (secondary N) is 2. The van der Waals surface area contributed by atoms with Crippen LogP contribution in [0.1, 0.15) is 39.2 Å². The maximum atomic E-state index is 12.1. The van der Waals surface area contributed by atoms with Crippen LogP contribution >= 0.6 is 0 Å². The minimum atomic E-state index is -0.208. The molecular formula is C18H28N4O3. The van der Waals surface area contributed by atoms with Crippen LogP contribution in [-0.2, 0) is 11.3 Å². The SMILES string of the molecule is CCOc1ncccc1CNC(=O)NC1CCN(C(=O)C(C)C)CC1. The third-order valence-corrected chi connectivity index (χ3v) is 4.21. The van der Waals surface area contributed by atoms with Crippen LogP contribution in [0.5, 0.6) is 5.88 Å². The number of carbonyl (C=O) groups excluding carboxylic acids is 2. The van der Waals surface area contributed by atoms with Crippen molar-refractivity contribution in [1.82, 2.24) is 20.5 Å². The summed E-state index contributed by atoms with van der Waals surface area (Å²) < 4.78 is 5.45. The van der Waals surface area contributed by atoms with Gasteiger partial charge in [0.25, 0.3) is 0 Å². The van der Waals surface area contributed by atoms with Crippen LogP contribution in [0.2, 0.25) is 0 Å². The van der Waals surface area contributed by atoms with E-state index in [-0.39, 0.29) is 23.9 Å². The summed E-state index contributed by atoms with van der Waals surface area (Å²) in [6, 6.07) is 3.59. The van der Waals surface area contributed by atoms with Crippen molar-refractivity contribution in [2.75, 3.05) is 19.7 Å². The number of urea groups is 1. The lowest BCUT2D eigenvalue weighted by atomic mass is 10.0. The summed E-state index contributed by atoms with van der Waals surface area (Å²) in [5, 5.41) is 5.83. The molecule has 138 valence electrons. The molecule has 0 aromatic carbocycles. The molecule has 0 radical (unpaired) electrons. The van der Waals surface area contributed by atoms with Gasteiger partial charge in [-0.25, -0.2) is 9.78 Å². The lowest BCUT2D eigenvalue weighted by Crippen LogP contribution is -2.49. The van der Waals surface area contributed by atoms with Crippen molar-refractivity contribution in [2.24, 2.45) is 5.92 Å². The van der Waals surface area contributed by atoms with E-state index < -0.39 is 0 Å². The van der Waals surface area contributed by atoms with Gasteiger partial charge in [0.15, 0.2) is 0 Å². The van der Waals surface area contributed by atoms with E-state index in [4.69, 9.17) is 4.74 Å². The molecule has 0 unspecified atom stereocenters. The van der Waals surface area contributed by atoms with Crippen molar-refractivity contribution in [2.45, 2.75) is 46.2 Å². The van der Waals surface area contributed by atoms with Crippen LogP contribution in [0, 0.1) is 5.92 Å². The van der Waals surface area contributed by atoms with Crippen molar-refractivity contribution < 1.29 is 14.3 Å². The summed E-state index contributed by atoms with van der Waals surface area (Å²) in [5.74, 6) is 0.751. The minimum Gasteiger partial charge on any atom is -0.478 e. The van der Waals surface area contributed by atoms with E-state index in [9.17, 15) is 9.59 Å². The molecule has 1 fully saturated rings. The van der Waals surface area contributed by atoms with Gasteiger partial charge in [0.05, 0.1) is 6.61 Å². The molecule has 2 rings (SSSR count). The first-order chi connectivity index (χ1) is 12.0. The Morgan fingerprint density at radius 2 is 2.08 bits per heavy atom. The lowest BCUT2D eigenvalue weighted by molar-refractivity contribution is -0.135. The Kier molecular flexibility index (Phi) is 7.03. The molecular weight excluding hydrogens is 320 g/mol. The number of hydrogen-bond donors (Lipinski definition) is 2. The van der Waals surface area contributed by atoms with Crippen LogP contribution in [0.4, 0.5) is 4.79 Å². The highest BCUT2D eigenvalue weighted by Gasteiger charge is 2.25. The second kappa shape index (κ2) is 9.25. The maximum absolute atomic E-state index is 12.1. The topological polar surface area (TPSA) is 83.6 Å². The fourth-order valence-corrected chi connectivity index (χ4v) is 2.85. The predicted octanol–water partition coefficient (Wildman–Crippen LogP) is 1.93. The summed E-state index contributed by atoms with van der Waals surface area (Å²) in [4.78, 5) is 30.1. The van der Waals surface area contributed by atoms with Gasteiger partial charge in [-0.15, -0.1) is 0 Å². The number of pyridine rings is 1. The quantitative estimate of drug-likeness (QED) is 0.823. The molecule has 1 aliphatic heterocycles. The van der Waals surface area contributed by atoms with E-state index in [1.807, 2.05) is 37.8 Å². The zero-order valence-electron chi connectivity index (χ0n) is 15.2. The molecule has 1 aliphatic rings. The summed E-state index contributed by atoms with van der Waals surface area (Å²) in [7, 11) is 0. The summed E-state index contributed by atoms with van der Waals surface area (Å²) >= 11 is 0. The molecule has 0 bridgehead atoms. The van der Waals surface area contributed by atoms with Gasteiger partial charge in [0.1, 0.15) is 0 Å². The molecule has 7 heteroatoms. The van der Waals surface area contributed by atoms with Crippen LogP contribution in [0.3, 0.4) is 0 Å². The van der Waals surface area contributed by atoms with Crippen molar-refractivity contribution in [1.29, 1.82) is 0 Å². The van der Waals surface area contributed by atoms with Gasteiger partial charge < -0.3 is 20.3 Å². The summed E-state index contributed by atoms with van der Waals surface area (Å²) in [6.07, 6.45) is 3.23. The standard InChI is InChI=1S/C18H28N4O3/c1-4-25-16-14(6-5-9-19-16)12-20-18(24)21-15-7-10-22(11-8-15)17(23)13(2)3/h5-6,9,13,15H,4,7-8,10-12H2,1-3H3,(H2,20,21,24). The second-order valence-electron chi connectivity index (χ2n) is 6.48. The Labute approximate surface area is 149 Å². The van der Waals surface area contributed by atoms with Crippen molar-refractivity contribution >= 4 is 11.9 Å². The van der Waals surface area contributed by atoms with Gasteiger partial charge in [-0.2, -0.15) is 0 Å². The first kappa shape index (κ1) is 19.0. The van der Waals surface area contributed by atoms with Crippen LogP contribution in [0.15, 0.2) is 18.3 Å². The molecule has 2 N–H and O–H groups in total. The normalized spacial score (nSPS) is 15.1. The smallest absolute Gasteiger partial charge is 0.315 e. The average Bonchev–Trinajstić information content (AvgIpc) is 2.61. The Hall–Kier alpha value is -2.31. The van der Waals surface area contributed by atoms with Crippen LogP contribution in [0.25, 0.3) is 0 Å². The molecule has 1 aromatic rings. The monoisotopic (exact) mass is 348 g/mol. The van der Waals surface area contributed by atoms with Crippen molar-refractivity contribution in [3.63, 3.8) is 0 Å². The Morgan fingerprint density at radius 1 is 1.36 bits per heavy atom. The highest BCUT2D eigenvalue weighted by molar-refractivity contribution is 5.78. The minimum absolute atomic E-state index is 0.0202. The van der Waals surface area contributed by atoms with Crippen LogP contribution < -0.4 is 15.4 Å². The fraction of sp³-hybridized carbons (Fsp3) is 0.611. The van der Waals surface area contributed by atoms with E-state index in [1.54, 1.807) is 6.20 Å². The molecule has 3 amide bonds. The molecule has 0 saturated carbocycles. The molecule has 0 spiro atoms. The van der Waals surface area contributed by atoms with E-state index in [0.717, 1.165) is 18.4 Å². The maximum Gasteiger partial charge on any atom is 0.315 e. The largest absolute Gasteiger partial charge is 0.478 e. The molecule has 2 heterocycles. The molecule has 0 atom stereocenters. The number of amides is 3. The van der Waals surface area contributed by atoms with E-state index >= 15 is 0 Å². The number of likely N-dealkylation sites (tertiary alicyclic amines) is 1. The summed E-state index contributed by atoms with van der Waals surface area (Å²) in [5.41, 5.74) is 0.844. The second-order valence-corrected chi connectivity index (χ2v) is 6.48. The third kappa shape index (κ3) is 5.62. The number of ether oxygens (including phenoxy) is 1. The number of nitrogens with zero attached hydrogens (tertiary/aromatic N) is 2. The molecule has 0 aliphatic carbocycles. The third-order valence-electron chi connectivity index (χ3n) is 4.21. The lowest BCUT2D eigenvalue weighted by Gasteiger charge is -2.33. The zero-order chi connectivity index (χ0) is 18.2. The first-order valence-corrected chi connectivity index (χ1v) is 8.91. The van der Waals surface area contributed by atoms with E-state index in [0.29, 0.717) is 32.1 Å². The highest BCUT2D eigenvalue weighted by atomic mass is 16.5. The highest BCUT2D eigenvalue weighted by Crippen LogP contribution is 2.15. The van der Waals surface area contributed by atoms with Crippen molar-refractivity contribution in [3.05, 3.63) is 23.9 Å². The number of rotatable bonds is 6. The number of piperidine rings is 1. The Bertz CT molecular complexity index is 583. The molecule has 1 aromatic heterocycles. The molecule has 1 saturated heterocycles.